The first-order valence-corrected chi connectivity index (χ1v) is 5.51. The van der Waals surface area contributed by atoms with Crippen molar-refractivity contribution in [2.45, 2.75) is 38.7 Å². The molecule has 0 radical (unpaired) electrons. The van der Waals surface area contributed by atoms with E-state index in [0.29, 0.717) is 5.88 Å². The third-order valence-electron chi connectivity index (χ3n) is 2.21. The maximum Gasteiger partial charge on any atom is 0.132 e. The van der Waals surface area contributed by atoms with Crippen LogP contribution in [0.1, 0.15) is 32.6 Å². The van der Waals surface area contributed by atoms with E-state index in [2.05, 4.69) is 6.58 Å². The van der Waals surface area contributed by atoms with Gasteiger partial charge in [-0.25, -0.2) is 0 Å². The summed E-state index contributed by atoms with van der Waals surface area (Å²) >= 11 is 5.55. The topological polar surface area (TPSA) is 37.3 Å². The predicted octanol–water partition coefficient (Wildman–Crippen LogP) is 2.54. The van der Waals surface area contributed by atoms with E-state index in [0.717, 1.165) is 19.3 Å². The van der Waals surface area contributed by atoms with Crippen molar-refractivity contribution >= 4 is 17.4 Å². The van der Waals surface area contributed by atoms with Gasteiger partial charge < -0.3 is 5.11 Å². The summed E-state index contributed by atoms with van der Waals surface area (Å²) in [5.74, 6) is 0.677. The molecule has 0 aliphatic carbocycles. The summed E-state index contributed by atoms with van der Waals surface area (Å²) in [4.78, 5) is 10.8. The molecule has 2 nitrogen and oxygen atoms in total. The molecule has 0 saturated heterocycles. The second-order valence-electron chi connectivity index (χ2n) is 3.56. The second kappa shape index (κ2) is 8.01. The number of ketones is 1. The Kier molecular flexibility index (Phi) is 7.81. The van der Waals surface area contributed by atoms with E-state index < -0.39 is 6.10 Å². The average molecular weight is 219 g/mol. The molecule has 0 bridgehead atoms. The van der Waals surface area contributed by atoms with Gasteiger partial charge in [-0.1, -0.05) is 12.5 Å². The van der Waals surface area contributed by atoms with Crippen LogP contribution in [-0.4, -0.2) is 22.9 Å². The molecular formula is C11H19ClO2. The number of carbonyl (C=O) groups excluding carboxylic acids is 1. The molecule has 0 fully saturated rings. The zero-order chi connectivity index (χ0) is 11.0. The Labute approximate surface area is 91.0 Å². The van der Waals surface area contributed by atoms with Gasteiger partial charge in [0.25, 0.3) is 0 Å². The van der Waals surface area contributed by atoms with E-state index in [1.807, 2.05) is 0 Å². The summed E-state index contributed by atoms with van der Waals surface area (Å²) < 4.78 is 0. The molecule has 82 valence electrons. The highest BCUT2D eigenvalue weighted by molar-refractivity contribution is 6.17. The van der Waals surface area contributed by atoms with Crippen LogP contribution in [0.5, 0.6) is 0 Å². The van der Waals surface area contributed by atoms with Crippen LogP contribution in [-0.2, 0) is 4.79 Å². The number of Topliss-reactive ketones (excluding diaryl/α,β-unsaturated/α-hetero) is 1. The number of alkyl halides is 1. The van der Waals surface area contributed by atoms with E-state index in [1.54, 1.807) is 6.08 Å². The highest BCUT2D eigenvalue weighted by Gasteiger charge is 2.16. The lowest BCUT2D eigenvalue weighted by molar-refractivity contribution is -0.119. The van der Waals surface area contributed by atoms with Crippen LogP contribution in [0.4, 0.5) is 0 Å². The van der Waals surface area contributed by atoms with E-state index in [-0.39, 0.29) is 18.1 Å². The smallest absolute Gasteiger partial charge is 0.132 e. The van der Waals surface area contributed by atoms with Crippen molar-refractivity contribution in [1.29, 1.82) is 0 Å². The normalized spacial score (nSPS) is 14.8. The second-order valence-corrected chi connectivity index (χ2v) is 3.94. The lowest BCUT2D eigenvalue weighted by Gasteiger charge is -2.18. The quantitative estimate of drug-likeness (QED) is 0.386. The molecule has 0 aliphatic rings. The van der Waals surface area contributed by atoms with E-state index in [1.165, 1.54) is 6.92 Å². The molecule has 0 aromatic carbocycles. The Morgan fingerprint density at radius 3 is 2.64 bits per heavy atom. The van der Waals surface area contributed by atoms with Crippen molar-refractivity contribution < 1.29 is 9.90 Å². The molecule has 0 rings (SSSR count). The minimum atomic E-state index is -0.583. The Balaban J connectivity index is 3.86. The zero-order valence-corrected chi connectivity index (χ0v) is 9.46. The first kappa shape index (κ1) is 13.7. The minimum Gasteiger partial charge on any atom is -0.392 e. The monoisotopic (exact) mass is 218 g/mol. The van der Waals surface area contributed by atoms with Gasteiger partial charge in [0.1, 0.15) is 5.78 Å². The van der Waals surface area contributed by atoms with Crippen LogP contribution in [0, 0.1) is 5.92 Å². The maximum absolute atomic E-state index is 10.8. The predicted molar refractivity (Wildman–Crippen MR) is 59.6 cm³/mol. The zero-order valence-electron chi connectivity index (χ0n) is 8.71. The maximum atomic E-state index is 10.8. The van der Waals surface area contributed by atoms with Crippen LogP contribution in [0.15, 0.2) is 12.7 Å². The van der Waals surface area contributed by atoms with Crippen molar-refractivity contribution in [2.24, 2.45) is 5.92 Å². The summed E-state index contributed by atoms with van der Waals surface area (Å²) in [6.45, 7) is 5.15. The highest BCUT2D eigenvalue weighted by Crippen LogP contribution is 2.17. The fourth-order valence-electron chi connectivity index (χ4n) is 1.39. The van der Waals surface area contributed by atoms with Crippen molar-refractivity contribution in [3.05, 3.63) is 12.7 Å². The van der Waals surface area contributed by atoms with Gasteiger partial charge in [0, 0.05) is 18.2 Å². The third-order valence-corrected chi connectivity index (χ3v) is 2.48. The standard InChI is InChI=1S/C11H19ClO2/c1-3-10(6-4-5-7-12)11(14)8-9(2)13/h3,10-11,14H,1,4-8H2,2H3/t10?,11-/m0/s1. The molecule has 14 heavy (non-hydrogen) atoms. The average Bonchev–Trinajstić information content (AvgIpc) is 2.11. The molecule has 1 unspecified atom stereocenters. The number of halogens is 1. The van der Waals surface area contributed by atoms with Gasteiger partial charge in [-0.15, -0.1) is 18.2 Å². The molecule has 0 amide bonds. The van der Waals surface area contributed by atoms with Crippen molar-refractivity contribution in [3.63, 3.8) is 0 Å². The van der Waals surface area contributed by atoms with Gasteiger partial charge in [-0.2, -0.15) is 0 Å². The number of hydrogen-bond donors (Lipinski definition) is 1. The van der Waals surface area contributed by atoms with Crippen LogP contribution < -0.4 is 0 Å². The van der Waals surface area contributed by atoms with Gasteiger partial charge in [-0.05, 0) is 19.8 Å². The van der Waals surface area contributed by atoms with Gasteiger partial charge in [-0.3, -0.25) is 4.79 Å². The lowest BCUT2D eigenvalue weighted by atomic mass is 9.93. The Bertz CT molecular complexity index is 180. The van der Waals surface area contributed by atoms with Crippen molar-refractivity contribution in [3.8, 4) is 0 Å². The number of aliphatic hydroxyl groups excluding tert-OH is 1. The molecule has 2 atom stereocenters. The molecule has 0 aliphatic heterocycles. The number of rotatable bonds is 8. The Hall–Kier alpha value is -0.340. The first-order valence-electron chi connectivity index (χ1n) is 4.97. The summed E-state index contributed by atoms with van der Waals surface area (Å²) in [5, 5.41) is 9.65. The van der Waals surface area contributed by atoms with E-state index in [4.69, 9.17) is 11.6 Å². The molecule has 0 saturated carbocycles. The Morgan fingerprint density at radius 1 is 1.57 bits per heavy atom. The summed E-state index contributed by atoms with van der Waals surface area (Å²) in [5.41, 5.74) is 0. The SMILES string of the molecule is C=CC(CCCCCl)[C@@H](O)CC(C)=O. The fourth-order valence-corrected chi connectivity index (χ4v) is 1.58. The lowest BCUT2D eigenvalue weighted by Crippen LogP contribution is -2.21. The third kappa shape index (κ3) is 6.17. The number of unbranched alkanes of at least 4 members (excludes halogenated alkanes) is 1. The summed E-state index contributed by atoms with van der Waals surface area (Å²) in [7, 11) is 0. The molecule has 0 spiro atoms. The first-order chi connectivity index (χ1) is 6.61. The molecule has 1 N–H and O–H groups in total. The van der Waals surface area contributed by atoms with Crippen LogP contribution in [0.3, 0.4) is 0 Å². The van der Waals surface area contributed by atoms with Gasteiger partial charge in [0.05, 0.1) is 6.10 Å². The molecular weight excluding hydrogens is 200 g/mol. The summed E-state index contributed by atoms with van der Waals surface area (Å²) in [6.07, 6.45) is 4.12. The molecule has 0 aromatic heterocycles. The highest BCUT2D eigenvalue weighted by atomic mass is 35.5. The van der Waals surface area contributed by atoms with Gasteiger partial charge in [0.2, 0.25) is 0 Å². The minimum absolute atomic E-state index is 0.0155. The van der Waals surface area contributed by atoms with Crippen LogP contribution in [0.25, 0.3) is 0 Å². The van der Waals surface area contributed by atoms with Crippen LogP contribution >= 0.6 is 11.6 Å². The summed E-state index contributed by atoms with van der Waals surface area (Å²) in [6, 6.07) is 0. The molecule has 0 aromatic rings. The van der Waals surface area contributed by atoms with Crippen molar-refractivity contribution in [2.75, 3.05) is 5.88 Å². The molecule has 3 heteroatoms. The van der Waals surface area contributed by atoms with Gasteiger partial charge in [0.15, 0.2) is 0 Å². The van der Waals surface area contributed by atoms with Crippen molar-refractivity contribution in [1.82, 2.24) is 0 Å². The fraction of sp³-hybridized carbons (Fsp3) is 0.727. The van der Waals surface area contributed by atoms with E-state index in [9.17, 15) is 9.90 Å². The van der Waals surface area contributed by atoms with E-state index >= 15 is 0 Å². The number of carbonyl (C=O) groups is 1. The molecule has 0 heterocycles. The Morgan fingerprint density at radius 2 is 2.21 bits per heavy atom. The largest absolute Gasteiger partial charge is 0.392 e. The number of hydrogen-bond acceptors (Lipinski definition) is 2. The number of aliphatic hydroxyl groups is 1. The van der Waals surface area contributed by atoms with Crippen LogP contribution in [0.2, 0.25) is 0 Å². The van der Waals surface area contributed by atoms with Gasteiger partial charge >= 0.3 is 0 Å².